The summed E-state index contributed by atoms with van der Waals surface area (Å²) in [5.74, 6) is -0.350. The van der Waals surface area contributed by atoms with Crippen LogP contribution in [0.3, 0.4) is 0 Å². The molecule has 0 unspecified atom stereocenters. The molecule has 9 heteroatoms. The fourth-order valence-electron chi connectivity index (χ4n) is 1.27. The molecule has 0 aliphatic heterocycles. The van der Waals surface area contributed by atoms with Crippen LogP contribution in [0.15, 0.2) is 24.4 Å². The zero-order chi connectivity index (χ0) is 12.8. The molecule has 0 saturated carbocycles. The maximum Gasteiger partial charge on any atom is 0.518 e. The van der Waals surface area contributed by atoms with Crippen molar-refractivity contribution in [1.29, 1.82) is 0 Å². The highest BCUT2D eigenvalue weighted by molar-refractivity contribution is 7.90. The topological polar surface area (TPSA) is 72.2 Å². The van der Waals surface area contributed by atoms with Gasteiger partial charge < -0.3 is 5.11 Å². The van der Waals surface area contributed by atoms with Crippen molar-refractivity contribution in [2.24, 2.45) is 0 Å². The number of nitrogens with zero attached hydrogens (tertiary/aromatic N) is 2. The normalized spacial score (nSPS) is 13.1. The molecule has 0 aliphatic carbocycles. The van der Waals surface area contributed by atoms with Crippen molar-refractivity contribution in [3.8, 4) is 5.75 Å². The van der Waals surface area contributed by atoms with Crippen LogP contribution in [0.4, 0.5) is 13.2 Å². The maximum atomic E-state index is 12.3. The first-order valence-electron chi connectivity index (χ1n) is 4.22. The second kappa shape index (κ2) is 3.36. The Labute approximate surface area is 93.1 Å². The van der Waals surface area contributed by atoms with Gasteiger partial charge in [-0.3, -0.25) is 0 Å². The van der Waals surface area contributed by atoms with Gasteiger partial charge in [-0.15, -0.1) is 4.09 Å². The van der Waals surface area contributed by atoms with E-state index in [1.165, 1.54) is 12.1 Å². The molecule has 0 fully saturated rings. The van der Waals surface area contributed by atoms with Gasteiger partial charge in [-0.2, -0.15) is 26.7 Å². The first-order chi connectivity index (χ1) is 7.73. The molecule has 0 radical (unpaired) electrons. The van der Waals surface area contributed by atoms with Crippen molar-refractivity contribution in [3.05, 3.63) is 24.4 Å². The van der Waals surface area contributed by atoms with Crippen LogP contribution in [0.2, 0.25) is 0 Å². The minimum absolute atomic E-state index is 0.151. The van der Waals surface area contributed by atoms with Gasteiger partial charge in [0, 0.05) is 11.5 Å². The number of fused-ring (bicyclic) bond motifs is 1. The summed E-state index contributed by atoms with van der Waals surface area (Å²) < 4.78 is 59.1. The number of hydrogen-bond acceptors (Lipinski definition) is 4. The molecule has 17 heavy (non-hydrogen) atoms. The molecule has 5 nitrogen and oxygen atoms in total. The summed E-state index contributed by atoms with van der Waals surface area (Å²) in [6.07, 6.45) is 0.970. The number of hydrogen-bond donors (Lipinski definition) is 1. The summed E-state index contributed by atoms with van der Waals surface area (Å²) in [7, 11) is -5.58. The minimum Gasteiger partial charge on any atom is -0.508 e. The van der Waals surface area contributed by atoms with Crippen LogP contribution in [-0.2, 0) is 10.0 Å². The lowest BCUT2D eigenvalue weighted by atomic mass is 10.2. The summed E-state index contributed by atoms with van der Waals surface area (Å²) in [5, 5.41) is 12.5. The minimum atomic E-state index is -5.58. The van der Waals surface area contributed by atoms with E-state index in [9.17, 15) is 21.6 Å². The molecule has 0 amide bonds. The molecule has 2 rings (SSSR count). The Kier molecular flexibility index (Phi) is 2.31. The summed E-state index contributed by atoms with van der Waals surface area (Å²) in [6.45, 7) is 0. The predicted octanol–water partition coefficient (Wildman–Crippen LogP) is 1.44. The quantitative estimate of drug-likeness (QED) is 0.847. The van der Waals surface area contributed by atoms with Gasteiger partial charge in [0.05, 0.1) is 11.7 Å². The van der Waals surface area contributed by atoms with E-state index in [1.54, 1.807) is 0 Å². The zero-order valence-corrected chi connectivity index (χ0v) is 8.83. The average molecular weight is 266 g/mol. The molecule has 0 atom stereocenters. The summed E-state index contributed by atoms with van der Waals surface area (Å²) in [6, 6.07) is 3.38. The summed E-state index contributed by atoms with van der Waals surface area (Å²) >= 11 is 0. The van der Waals surface area contributed by atoms with Gasteiger partial charge in [-0.05, 0) is 12.1 Å². The van der Waals surface area contributed by atoms with Gasteiger partial charge in [0.25, 0.3) is 0 Å². The lowest BCUT2D eigenvalue weighted by Gasteiger charge is -2.08. The monoisotopic (exact) mass is 266 g/mol. The largest absolute Gasteiger partial charge is 0.518 e. The Bertz CT molecular complexity index is 675. The van der Waals surface area contributed by atoms with Gasteiger partial charge >= 0.3 is 15.5 Å². The fraction of sp³-hybridized carbons (Fsp3) is 0.125. The molecule has 0 saturated heterocycles. The molecule has 0 aliphatic rings. The van der Waals surface area contributed by atoms with Gasteiger partial charge in [-0.1, -0.05) is 0 Å². The smallest absolute Gasteiger partial charge is 0.508 e. The second-order valence-electron chi connectivity index (χ2n) is 3.18. The van der Waals surface area contributed by atoms with E-state index in [4.69, 9.17) is 5.11 Å². The molecule has 92 valence electrons. The Balaban J connectivity index is 2.77. The van der Waals surface area contributed by atoms with Crippen LogP contribution in [0.25, 0.3) is 10.9 Å². The van der Waals surface area contributed by atoms with Crippen LogP contribution in [-0.4, -0.2) is 28.2 Å². The molecule has 1 heterocycles. The van der Waals surface area contributed by atoms with Crippen LogP contribution in [0.1, 0.15) is 0 Å². The number of phenolic OH excluding ortho intramolecular Hbond substituents is 1. The highest BCUT2D eigenvalue weighted by atomic mass is 32.2. The lowest BCUT2D eigenvalue weighted by molar-refractivity contribution is -0.0448. The molecular formula is C8H5F3N2O3S. The van der Waals surface area contributed by atoms with Crippen molar-refractivity contribution < 1.29 is 26.7 Å². The number of alkyl halides is 3. The first-order valence-corrected chi connectivity index (χ1v) is 5.66. The molecule has 0 bridgehead atoms. The lowest BCUT2D eigenvalue weighted by Crippen LogP contribution is -2.30. The molecule has 0 spiro atoms. The van der Waals surface area contributed by atoms with E-state index in [2.05, 4.69) is 5.10 Å². The van der Waals surface area contributed by atoms with Crippen molar-refractivity contribution in [2.45, 2.75) is 5.51 Å². The zero-order valence-electron chi connectivity index (χ0n) is 8.01. The Hall–Kier alpha value is -1.77. The van der Waals surface area contributed by atoms with Gasteiger partial charge in [-0.25, -0.2) is 0 Å². The van der Waals surface area contributed by atoms with Crippen LogP contribution in [0, 0.1) is 0 Å². The molecule has 2 aromatic rings. The van der Waals surface area contributed by atoms with Crippen molar-refractivity contribution in [3.63, 3.8) is 0 Å². The number of benzene rings is 1. The highest BCUT2D eigenvalue weighted by Gasteiger charge is 2.48. The molecular weight excluding hydrogens is 261 g/mol. The summed E-state index contributed by atoms with van der Waals surface area (Å²) in [4.78, 5) is 0. The maximum absolute atomic E-state index is 12.3. The number of aromatic nitrogens is 2. The Morgan fingerprint density at radius 1 is 1.29 bits per heavy atom. The van der Waals surface area contributed by atoms with E-state index in [0.717, 1.165) is 12.3 Å². The standard InChI is InChI=1S/C8H5F3N2O3S/c9-8(10,11)17(15,16)13-7-3-6(14)2-1-5(7)4-12-13/h1-4,14H. The van der Waals surface area contributed by atoms with Crippen LogP contribution in [0.5, 0.6) is 5.75 Å². The van der Waals surface area contributed by atoms with E-state index < -0.39 is 15.5 Å². The summed E-state index contributed by atoms with van der Waals surface area (Å²) in [5.41, 5.74) is -5.78. The molecule has 1 aromatic heterocycles. The number of rotatable bonds is 1. The van der Waals surface area contributed by atoms with Crippen molar-refractivity contribution in [2.75, 3.05) is 0 Å². The molecule has 1 aromatic carbocycles. The first kappa shape index (κ1) is 11.7. The third-order valence-corrected chi connectivity index (χ3v) is 3.37. The number of halogens is 3. The second-order valence-corrected chi connectivity index (χ2v) is 4.94. The van der Waals surface area contributed by atoms with Crippen molar-refractivity contribution in [1.82, 2.24) is 9.19 Å². The predicted molar refractivity (Wildman–Crippen MR) is 51.8 cm³/mol. The Morgan fingerprint density at radius 3 is 2.53 bits per heavy atom. The average Bonchev–Trinajstić information content (AvgIpc) is 2.58. The van der Waals surface area contributed by atoms with E-state index >= 15 is 0 Å². The molecule has 1 N–H and O–H groups in total. The van der Waals surface area contributed by atoms with Gasteiger partial charge in [0.15, 0.2) is 0 Å². The van der Waals surface area contributed by atoms with Gasteiger partial charge in [0.1, 0.15) is 5.75 Å². The van der Waals surface area contributed by atoms with Crippen LogP contribution >= 0.6 is 0 Å². The number of aromatic hydroxyl groups is 1. The number of phenols is 1. The third kappa shape index (κ3) is 1.71. The fourth-order valence-corrected chi connectivity index (χ4v) is 2.06. The van der Waals surface area contributed by atoms with Crippen LogP contribution < -0.4 is 0 Å². The SMILES string of the molecule is O=S(=O)(n1ncc2ccc(O)cc21)C(F)(F)F. The van der Waals surface area contributed by atoms with Gasteiger partial charge in [0.2, 0.25) is 0 Å². The van der Waals surface area contributed by atoms with E-state index in [-0.39, 0.29) is 20.7 Å². The highest BCUT2D eigenvalue weighted by Crippen LogP contribution is 2.28. The third-order valence-electron chi connectivity index (χ3n) is 2.04. The van der Waals surface area contributed by atoms with E-state index in [0.29, 0.717) is 0 Å². The Morgan fingerprint density at radius 2 is 1.94 bits per heavy atom. The van der Waals surface area contributed by atoms with Crippen molar-refractivity contribution >= 4 is 20.9 Å². The van der Waals surface area contributed by atoms with E-state index in [1.807, 2.05) is 0 Å².